The number of hydrazone groups is 1. The first-order valence-electron chi connectivity index (χ1n) is 10.1. The zero-order chi connectivity index (χ0) is 22.5. The molecule has 0 aliphatic carbocycles. The lowest BCUT2D eigenvalue weighted by atomic mass is 9.98. The summed E-state index contributed by atoms with van der Waals surface area (Å²) in [6.45, 7) is -0.550. The molecular formula is C25H21FN2O4. The Morgan fingerprint density at radius 3 is 2.38 bits per heavy atom. The van der Waals surface area contributed by atoms with Gasteiger partial charge in [-0.05, 0) is 35.4 Å². The number of ether oxygens (including phenoxy) is 2. The molecule has 1 amide bonds. The van der Waals surface area contributed by atoms with Gasteiger partial charge in [0.1, 0.15) is 11.6 Å². The summed E-state index contributed by atoms with van der Waals surface area (Å²) in [7, 11) is 1.58. The van der Waals surface area contributed by atoms with E-state index >= 15 is 0 Å². The van der Waals surface area contributed by atoms with Crippen LogP contribution >= 0.6 is 0 Å². The molecule has 0 saturated carbocycles. The second kappa shape index (κ2) is 9.43. The fraction of sp³-hybridized carbons (Fsp3) is 0.160. The van der Waals surface area contributed by atoms with Gasteiger partial charge in [0.05, 0.1) is 24.4 Å². The highest BCUT2D eigenvalue weighted by molar-refractivity contribution is 6.03. The van der Waals surface area contributed by atoms with Gasteiger partial charge < -0.3 is 9.47 Å². The fourth-order valence-corrected chi connectivity index (χ4v) is 3.53. The van der Waals surface area contributed by atoms with Crippen molar-refractivity contribution in [2.24, 2.45) is 5.10 Å². The molecule has 3 aromatic carbocycles. The molecule has 0 fully saturated rings. The van der Waals surface area contributed by atoms with E-state index < -0.39 is 24.3 Å². The lowest BCUT2D eigenvalue weighted by Gasteiger charge is -2.22. The lowest BCUT2D eigenvalue weighted by molar-refractivity contribution is -0.136. The predicted molar refractivity (Wildman–Crippen MR) is 117 cm³/mol. The normalized spacial score (nSPS) is 15.2. The molecule has 1 heterocycles. The molecule has 0 spiro atoms. The van der Waals surface area contributed by atoms with Crippen LogP contribution in [0.4, 0.5) is 4.39 Å². The molecule has 0 saturated heterocycles. The SMILES string of the molecule is COc1ccc([C@H]2CC(c3ccccc3)=NN2C(=O)COC(=O)c2ccccc2F)cc1. The molecule has 1 aliphatic rings. The number of hydrogen-bond acceptors (Lipinski definition) is 5. The largest absolute Gasteiger partial charge is 0.497 e. The smallest absolute Gasteiger partial charge is 0.341 e. The van der Waals surface area contributed by atoms with E-state index in [1.165, 1.54) is 23.2 Å². The van der Waals surface area contributed by atoms with Crippen LogP contribution in [0.3, 0.4) is 0 Å². The van der Waals surface area contributed by atoms with Crippen LogP contribution in [0.1, 0.15) is 33.9 Å². The van der Waals surface area contributed by atoms with E-state index in [0.29, 0.717) is 12.2 Å². The predicted octanol–water partition coefficient (Wildman–Crippen LogP) is 4.37. The summed E-state index contributed by atoms with van der Waals surface area (Å²) in [5.74, 6) is -1.40. The first kappa shape index (κ1) is 21.2. The third-order valence-electron chi connectivity index (χ3n) is 5.19. The van der Waals surface area contributed by atoms with Crippen molar-refractivity contribution >= 4 is 17.6 Å². The number of methoxy groups -OCH3 is 1. The number of rotatable bonds is 6. The average molecular weight is 432 g/mol. The fourth-order valence-electron chi connectivity index (χ4n) is 3.53. The molecule has 0 N–H and O–H groups in total. The Hall–Kier alpha value is -4.00. The van der Waals surface area contributed by atoms with Crippen molar-refractivity contribution in [2.45, 2.75) is 12.5 Å². The van der Waals surface area contributed by atoms with E-state index in [0.717, 1.165) is 22.9 Å². The summed E-state index contributed by atoms with van der Waals surface area (Å²) in [5, 5.41) is 5.86. The van der Waals surface area contributed by atoms with Crippen molar-refractivity contribution in [1.29, 1.82) is 0 Å². The molecule has 6 nitrogen and oxygen atoms in total. The van der Waals surface area contributed by atoms with E-state index in [1.54, 1.807) is 7.11 Å². The van der Waals surface area contributed by atoms with Crippen molar-refractivity contribution < 1.29 is 23.5 Å². The van der Waals surface area contributed by atoms with Gasteiger partial charge in [-0.2, -0.15) is 5.10 Å². The summed E-state index contributed by atoms with van der Waals surface area (Å²) >= 11 is 0. The highest BCUT2D eigenvalue weighted by atomic mass is 19.1. The second-order valence-electron chi connectivity index (χ2n) is 7.20. The molecular weight excluding hydrogens is 411 g/mol. The maximum absolute atomic E-state index is 13.8. The number of esters is 1. The Balaban J connectivity index is 1.55. The second-order valence-corrected chi connectivity index (χ2v) is 7.20. The topological polar surface area (TPSA) is 68.2 Å². The minimum absolute atomic E-state index is 0.220. The number of nitrogens with zero attached hydrogens (tertiary/aromatic N) is 2. The summed E-state index contributed by atoms with van der Waals surface area (Å²) in [4.78, 5) is 25.2. The van der Waals surface area contributed by atoms with Gasteiger partial charge in [0.2, 0.25) is 0 Å². The zero-order valence-electron chi connectivity index (χ0n) is 17.4. The van der Waals surface area contributed by atoms with Crippen molar-refractivity contribution in [3.8, 4) is 5.75 Å². The highest BCUT2D eigenvalue weighted by Crippen LogP contribution is 2.33. The van der Waals surface area contributed by atoms with Gasteiger partial charge in [0, 0.05) is 6.42 Å². The van der Waals surface area contributed by atoms with Gasteiger partial charge >= 0.3 is 5.97 Å². The molecule has 0 bridgehead atoms. The maximum atomic E-state index is 13.8. The van der Waals surface area contributed by atoms with E-state index in [2.05, 4.69) is 5.10 Å². The Labute approximate surface area is 184 Å². The number of carbonyl (C=O) groups is 2. The van der Waals surface area contributed by atoms with Crippen LogP contribution in [0.15, 0.2) is 84.0 Å². The summed E-state index contributed by atoms with van der Waals surface area (Å²) in [6, 6.07) is 22.1. The Morgan fingerprint density at radius 1 is 1.00 bits per heavy atom. The first-order chi connectivity index (χ1) is 15.6. The van der Waals surface area contributed by atoms with Crippen molar-refractivity contribution in [2.75, 3.05) is 13.7 Å². The minimum atomic E-state index is -0.899. The standard InChI is InChI=1S/C25H21FN2O4/c1-31-19-13-11-18(12-14-19)23-15-22(17-7-3-2-4-8-17)27-28(23)24(29)16-32-25(30)20-9-5-6-10-21(20)26/h2-14,23H,15-16H2,1H3/t23-/m1/s1. The Kier molecular flexibility index (Phi) is 6.26. The van der Waals surface area contributed by atoms with Crippen molar-refractivity contribution in [3.63, 3.8) is 0 Å². The Bertz CT molecular complexity index is 1150. The van der Waals surface area contributed by atoms with Gasteiger partial charge in [-0.1, -0.05) is 54.6 Å². The van der Waals surface area contributed by atoms with Gasteiger partial charge in [-0.15, -0.1) is 0 Å². The minimum Gasteiger partial charge on any atom is -0.497 e. The third kappa shape index (κ3) is 4.51. The van der Waals surface area contributed by atoms with Crippen molar-refractivity contribution in [1.82, 2.24) is 5.01 Å². The number of carbonyl (C=O) groups excluding carboxylic acids is 2. The molecule has 0 unspecified atom stereocenters. The van der Waals surface area contributed by atoms with Crippen LogP contribution in [0.25, 0.3) is 0 Å². The van der Waals surface area contributed by atoms with E-state index in [9.17, 15) is 14.0 Å². The van der Waals surface area contributed by atoms with Gasteiger partial charge in [-0.3, -0.25) is 4.79 Å². The molecule has 1 atom stereocenters. The van der Waals surface area contributed by atoms with Gasteiger partial charge in [0.15, 0.2) is 6.61 Å². The summed E-state index contributed by atoms with van der Waals surface area (Å²) in [5.41, 5.74) is 2.31. The monoisotopic (exact) mass is 432 g/mol. The zero-order valence-corrected chi connectivity index (χ0v) is 17.4. The molecule has 1 aliphatic heterocycles. The number of benzene rings is 3. The summed E-state index contributed by atoms with van der Waals surface area (Å²) in [6.07, 6.45) is 0.503. The molecule has 4 rings (SSSR count). The van der Waals surface area contributed by atoms with Crippen LogP contribution in [0.2, 0.25) is 0 Å². The third-order valence-corrected chi connectivity index (χ3v) is 5.19. The van der Waals surface area contributed by atoms with E-state index in [1.807, 2.05) is 54.6 Å². The molecule has 162 valence electrons. The molecule has 0 radical (unpaired) electrons. The van der Waals surface area contributed by atoms with Gasteiger partial charge in [-0.25, -0.2) is 14.2 Å². The highest BCUT2D eigenvalue weighted by Gasteiger charge is 2.33. The van der Waals surface area contributed by atoms with Crippen LogP contribution in [-0.2, 0) is 9.53 Å². The number of hydrogen-bond donors (Lipinski definition) is 0. The molecule has 32 heavy (non-hydrogen) atoms. The molecule has 7 heteroatoms. The first-order valence-corrected chi connectivity index (χ1v) is 10.1. The van der Waals surface area contributed by atoms with Crippen molar-refractivity contribution in [3.05, 3.63) is 101 Å². The van der Waals surface area contributed by atoms with E-state index in [-0.39, 0.29) is 11.6 Å². The number of amides is 1. The Morgan fingerprint density at radius 2 is 1.69 bits per heavy atom. The van der Waals surface area contributed by atoms with Crippen LogP contribution < -0.4 is 4.74 Å². The average Bonchev–Trinajstić information content (AvgIpc) is 3.29. The molecule has 3 aromatic rings. The summed E-state index contributed by atoms with van der Waals surface area (Å²) < 4.78 is 24.1. The van der Waals surface area contributed by atoms with Crippen LogP contribution in [0, 0.1) is 5.82 Å². The quantitative estimate of drug-likeness (QED) is 0.543. The lowest BCUT2D eigenvalue weighted by Crippen LogP contribution is -2.31. The van der Waals surface area contributed by atoms with Crippen LogP contribution in [-0.4, -0.2) is 36.3 Å². The van der Waals surface area contributed by atoms with Gasteiger partial charge in [0.25, 0.3) is 5.91 Å². The van der Waals surface area contributed by atoms with Crippen LogP contribution in [0.5, 0.6) is 5.75 Å². The molecule has 0 aromatic heterocycles. The van der Waals surface area contributed by atoms with E-state index in [4.69, 9.17) is 9.47 Å². The number of halogens is 1. The maximum Gasteiger partial charge on any atom is 0.341 e.